The van der Waals surface area contributed by atoms with Gasteiger partial charge in [0.1, 0.15) is 28.5 Å². The van der Waals surface area contributed by atoms with E-state index in [9.17, 15) is 9.50 Å². The summed E-state index contributed by atoms with van der Waals surface area (Å²) in [5.74, 6) is 0.465. The SMILES string of the molecule is Oc1ccccc1Nc1ncnc2scc(-c3ccc(F)cc3)c12. The summed E-state index contributed by atoms with van der Waals surface area (Å²) in [5.41, 5.74) is 2.38. The van der Waals surface area contributed by atoms with Crippen molar-refractivity contribution in [2.45, 2.75) is 0 Å². The van der Waals surface area contributed by atoms with Crippen LogP contribution in [-0.4, -0.2) is 15.1 Å². The number of phenols is 1. The molecule has 0 unspecified atom stereocenters. The number of hydrogen-bond donors (Lipinski definition) is 2. The van der Waals surface area contributed by atoms with E-state index in [-0.39, 0.29) is 11.6 Å². The Hall–Kier alpha value is -2.99. The Morgan fingerprint density at radius 1 is 1.00 bits per heavy atom. The van der Waals surface area contributed by atoms with E-state index in [1.54, 1.807) is 30.3 Å². The fourth-order valence-electron chi connectivity index (χ4n) is 2.52. The zero-order valence-corrected chi connectivity index (χ0v) is 13.2. The van der Waals surface area contributed by atoms with Crippen LogP contribution in [0.2, 0.25) is 0 Å². The molecule has 0 saturated carbocycles. The lowest BCUT2D eigenvalue weighted by molar-refractivity contribution is 0.478. The van der Waals surface area contributed by atoms with E-state index >= 15 is 0 Å². The van der Waals surface area contributed by atoms with Crippen LogP contribution in [0.15, 0.2) is 60.2 Å². The molecule has 4 nitrogen and oxygen atoms in total. The van der Waals surface area contributed by atoms with E-state index in [4.69, 9.17) is 0 Å². The molecule has 6 heteroatoms. The number of anilines is 2. The number of rotatable bonds is 3. The maximum absolute atomic E-state index is 13.2. The van der Waals surface area contributed by atoms with Crippen LogP contribution in [0.1, 0.15) is 0 Å². The van der Waals surface area contributed by atoms with Crippen LogP contribution in [0.4, 0.5) is 15.9 Å². The fourth-order valence-corrected chi connectivity index (χ4v) is 3.43. The Kier molecular flexibility index (Phi) is 3.59. The van der Waals surface area contributed by atoms with Gasteiger partial charge < -0.3 is 10.4 Å². The lowest BCUT2D eigenvalue weighted by Gasteiger charge is -2.09. The maximum atomic E-state index is 13.2. The topological polar surface area (TPSA) is 58.0 Å². The smallest absolute Gasteiger partial charge is 0.143 e. The lowest BCUT2D eigenvalue weighted by atomic mass is 10.1. The van der Waals surface area contributed by atoms with Gasteiger partial charge >= 0.3 is 0 Å². The molecule has 2 aromatic carbocycles. The molecular weight excluding hydrogens is 325 g/mol. The number of aromatic nitrogens is 2. The first-order valence-corrected chi connectivity index (χ1v) is 8.13. The summed E-state index contributed by atoms with van der Waals surface area (Å²) >= 11 is 1.49. The minimum atomic E-state index is -0.276. The van der Waals surface area contributed by atoms with Crippen molar-refractivity contribution in [3.8, 4) is 16.9 Å². The highest BCUT2D eigenvalue weighted by Gasteiger charge is 2.14. The third-order valence-corrected chi connectivity index (χ3v) is 4.57. The second kappa shape index (κ2) is 5.90. The van der Waals surface area contributed by atoms with Gasteiger partial charge in [0.15, 0.2) is 0 Å². The molecule has 0 fully saturated rings. The summed E-state index contributed by atoms with van der Waals surface area (Å²) in [4.78, 5) is 9.44. The van der Waals surface area contributed by atoms with E-state index in [1.807, 2.05) is 11.4 Å². The fraction of sp³-hybridized carbons (Fsp3) is 0. The number of halogens is 1. The first-order valence-electron chi connectivity index (χ1n) is 7.25. The first kappa shape index (κ1) is 14.6. The molecule has 0 aliphatic rings. The summed E-state index contributed by atoms with van der Waals surface area (Å²) in [6.07, 6.45) is 1.48. The maximum Gasteiger partial charge on any atom is 0.143 e. The standard InChI is InChI=1S/C18H12FN3OS/c19-12-7-5-11(6-8-12)13-9-24-18-16(13)17(20-10-21-18)22-14-3-1-2-4-15(14)23/h1-10,23H,(H,20,21,22). The van der Waals surface area contributed by atoms with Crippen LogP contribution in [0.25, 0.3) is 21.3 Å². The normalized spacial score (nSPS) is 10.9. The van der Waals surface area contributed by atoms with Crippen molar-refractivity contribution in [2.24, 2.45) is 0 Å². The van der Waals surface area contributed by atoms with Gasteiger partial charge in [0.2, 0.25) is 0 Å². The lowest BCUT2D eigenvalue weighted by Crippen LogP contribution is -1.95. The summed E-state index contributed by atoms with van der Waals surface area (Å²) in [6, 6.07) is 13.3. The third kappa shape index (κ3) is 2.57. The van der Waals surface area contributed by atoms with Crippen LogP contribution >= 0.6 is 11.3 Å². The molecule has 4 rings (SSSR count). The molecule has 2 aromatic heterocycles. The second-order valence-electron chi connectivity index (χ2n) is 5.20. The van der Waals surface area contributed by atoms with Gasteiger partial charge in [-0.3, -0.25) is 0 Å². The molecule has 2 heterocycles. The number of phenolic OH excluding ortho intramolecular Hbond substituents is 1. The number of nitrogens with zero attached hydrogens (tertiary/aromatic N) is 2. The van der Waals surface area contributed by atoms with Gasteiger partial charge in [-0.2, -0.15) is 0 Å². The molecule has 0 aliphatic carbocycles. The van der Waals surface area contributed by atoms with Crippen molar-refractivity contribution >= 4 is 33.1 Å². The summed E-state index contributed by atoms with van der Waals surface area (Å²) in [7, 11) is 0. The number of para-hydroxylation sites is 2. The van der Waals surface area contributed by atoms with Gasteiger partial charge in [-0.15, -0.1) is 11.3 Å². The van der Waals surface area contributed by atoms with Crippen molar-refractivity contribution in [1.29, 1.82) is 0 Å². The summed E-state index contributed by atoms with van der Waals surface area (Å²) in [6.45, 7) is 0. The van der Waals surface area contributed by atoms with Crippen molar-refractivity contribution in [2.75, 3.05) is 5.32 Å². The zero-order chi connectivity index (χ0) is 16.5. The van der Waals surface area contributed by atoms with Crippen LogP contribution in [-0.2, 0) is 0 Å². The molecular formula is C18H12FN3OS. The minimum absolute atomic E-state index is 0.142. The number of thiophene rings is 1. The van der Waals surface area contributed by atoms with E-state index in [0.717, 1.165) is 21.3 Å². The first-order chi connectivity index (χ1) is 11.7. The monoisotopic (exact) mass is 337 g/mol. The van der Waals surface area contributed by atoms with Crippen molar-refractivity contribution in [3.05, 3.63) is 66.1 Å². The van der Waals surface area contributed by atoms with Gasteiger partial charge in [-0.05, 0) is 29.8 Å². The van der Waals surface area contributed by atoms with Crippen LogP contribution in [0.5, 0.6) is 5.75 Å². The third-order valence-electron chi connectivity index (χ3n) is 3.68. The Morgan fingerprint density at radius 3 is 2.58 bits per heavy atom. The molecule has 118 valence electrons. The van der Waals surface area contributed by atoms with Gasteiger partial charge in [-0.25, -0.2) is 14.4 Å². The molecule has 0 amide bonds. The minimum Gasteiger partial charge on any atom is -0.506 e. The molecule has 0 radical (unpaired) electrons. The number of nitrogens with one attached hydrogen (secondary N) is 1. The molecule has 0 atom stereocenters. The van der Waals surface area contributed by atoms with Crippen LogP contribution in [0, 0.1) is 5.82 Å². The predicted octanol–water partition coefficient (Wildman–Crippen LogP) is 4.95. The molecule has 0 aliphatic heterocycles. The number of fused-ring (bicyclic) bond motifs is 1. The highest BCUT2D eigenvalue weighted by Crippen LogP contribution is 2.38. The number of aromatic hydroxyl groups is 1. The zero-order valence-electron chi connectivity index (χ0n) is 12.4. The van der Waals surface area contributed by atoms with Crippen molar-refractivity contribution in [1.82, 2.24) is 9.97 Å². The second-order valence-corrected chi connectivity index (χ2v) is 6.06. The average molecular weight is 337 g/mol. The molecule has 0 bridgehead atoms. The number of hydrogen-bond acceptors (Lipinski definition) is 5. The molecule has 2 N–H and O–H groups in total. The molecule has 0 spiro atoms. The van der Waals surface area contributed by atoms with Gasteiger partial charge in [0.05, 0.1) is 11.1 Å². The predicted molar refractivity (Wildman–Crippen MR) is 94.2 cm³/mol. The van der Waals surface area contributed by atoms with Crippen LogP contribution < -0.4 is 5.32 Å². The van der Waals surface area contributed by atoms with E-state index in [1.165, 1.54) is 29.8 Å². The molecule has 4 aromatic rings. The molecule has 24 heavy (non-hydrogen) atoms. The van der Waals surface area contributed by atoms with Gasteiger partial charge in [0, 0.05) is 10.9 Å². The largest absolute Gasteiger partial charge is 0.506 e. The van der Waals surface area contributed by atoms with Gasteiger partial charge in [-0.1, -0.05) is 24.3 Å². The van der Waals surface area contributed by atoms with Crippen LogP contribution in [0.3, 0.4) is 0 Å². The van der Waals surface area contributed by atoms with E-state index in [0.29, 0.717) is 11.5 Å². The molecule has 0 saturated heterocycles. The Balaban J connectivity index is 1.86. The quantitative estimate of drug-likeness (QED) is 0.520. The van der Waals surface area contributed by atoms with Gasteiger partial charge in [0.25, 0.3) is 0 Å². The highest BCUT2D eigenvalue weighted by atomic mass is 32.1. The Morgan fingerprint density at radius 2 is 1.79 bits per heavy atom. The van der Waals surface area contributed by atoms with E-state index in [2.05, 4.69) is 15.3 Å². The average Bonchev–Trinajstić information content (AvgIpc) is 3.03. The summed E-state index contributed by atoms with van der Waals surface area (Å²) < 4.78 is 13.2. The van der Waals surface area contributed by atoms with E-state index < -0.39 is 0 Å². The Labute approximate surface area is 141 Å². The Bertz CT molecular complexity index is 1010. The number of benzene rings is 2. The van der Waals surface area contributed by atoms with Crippen molar-refractivity contribution in [3.63, 3.8) is 0 Å². The summed E-state index contributed by atoms with van der Waals surface area (Å²) in [5, 5.41) is 15.9. The van der Waals surface area contributed by atoms with Crippen molar-refractivity contribution < 1.29 is 9.50 Å². The highest BCUT2D eigenvalue weighted by molar-refractivity contribution is 7.17.